The standard InChI is InChI=1S/C13H17ClN4O/c14-10-3-4-11-16-12(17-18(11)7-10)15-8-13(9-19)5-1-2-6-13/h3-4,7,19H,1-2,5-6,8-9H2,(H,15,17). The monoisotopic (exact) mass is 280 g/mol. The van der Waals surface area contributed by atoms with Crippen LogP contribution in [-0.4, -0.2) is 32.9 Å². The second-order valence-corrected chi connectivity index (χ2v) is 5.74. The van der Waals surface area contributed by atoms with Gasteiger partial charge in [0.1, 0.15) is 0 Å². The van der Waals surface area contributed by atoms with Crippen molar-refractivity contribution in [3.8, 4) is 0 Å². The van der Waals surface area contributed by atoms with Crippen molar-refractivity contribution in [2.45, 2.75) is 25.7 Å². The summed E-state index contributed by atoms with van der Waals surface area (Å²) in [5.74, 6) is 0.585. The first-order valence-corrected chi connectivity index (χ1v) is 6.95. The summed E-state index contributed by atoms with van der Waals surface area (Å²) >= 11 is 5.91. The van der Waals surface area contributed by atoms with Gasteiger partial charge in [0.15, 0.2) is 5.65 Å². The van der Waals surface area contributed by atoms with Crippen molar-refractivity contribution in [1.29, 1.82) is 0 Å². The lowest BCUT2D eigenvalue weighted by Gasteiger charge is -2.26. The highest BCUT2D eigenvalue weighted by Crippen LogP contribution is 2.37. The van der Waals surface area contributed by atoms with E-state index in [1.165, 1.54) is 12.8 Å². The van der Waals surface area contributed by atoms with Gasteiger partial charge >= 0.3 is 0 Å². The first-order valence-electron chi connectivity index (χ1n) is 6.57. The van der Waals surface area contributed by atoms with Gasteiger partial charge < -0.3 is 10.4 Å². The molecule has 5 nitrogen and oxygen atoms in total. The molecule has 2 aromatic rings. The van der Waals surface area contributed by atoms with E-state index in [1.807, 2.05) is 6.07 Å². The molecule has 0 aliphatic heterocycles. The van der Waals surface area contributed by atoms with Gasteiger partial charge in [0.05, 0.1) is 11.6 Å². The summed E-state index contributed by atoms with van der Waals surface area (Å²) in [7, 11) is 0. The van der Waals surface area contributed by atoms with E-state index >= 15 is 0 Å². The largest absolute Gasteiger partial charge is 0.396 e. The Morgan fingerprint density at radius 1 is 1.37 bits per heavy atom. The molecule has 1 saturated carbocycles. The van der Waals surface area contributed by atoms with Crippen LogP contribution >= 0.6 is 11.6 Å². The summed E-state index contributed by atoms with van der Waals surface area (Å²) in [6.07, 6.45) is 6.24. The second-order valence-electron chi connectivity index (χ2n) is 5.30. The van der Waals surface area contributed by atoms with E-state index in [2.05, 4.69) is 15.4 Å². The zero-order valence-electron chi connectivity index (χ0n) is 10.6. The van der Waals surface area contributed by atoms with Gasteiger partial charge in [-0.2, -0.15) is 4.98 Å². The molecule has 2 heterocycles. The minimum atomic E-state index is -0.00484. The summed E-state index contributed by atoms with van der Waals surface area (Å²) in [6, 6.07) is 3.62. The Morgan fingerprint density at radius 3 is 2.89 bits per heavy atom. The van der Waals surface area contributed by atoms with Crippen LogP contribution in [0.4, 0.5) is 5.95 Å². The lowest BCUT2D eigenvalue weighted by molar-refractivity contribution is 0.142. The maximum absolute atomic E-state index is 9.57. The number of aliphatic hydroxyl groups excluding tert-OH is 1. The third-order valence-electron chi connectivity index (χ3n) is 3.92. The van der Waals surface area contributed by atoms with Crippen molar-refractivity contribution in [3.05, 3.63) is 23.4 Å². The van der Waals surface area contributed by atoms with Crippen molar-refractivity contribution >= 4 is 23.2 Å². The van der Waals surface area contributed by atoms with E-state index in [4.69, 9.17) is 11.6 Å². The van der Waals surface area contributed by atoms with Crippen LogP contribution in [0.25, 0.3) is 5.65 Å². The molecule has 0 bridgehead atoms. The van der Waals surface area contributed by atoms with Gasteiger partial charge in [0.2, 0.25) is 5.95 Å². The molecule has 0 radical (unpaired) electrons. The first kappa shape index (κ1) is 12.7. The number of aromatic nitrogens is 3. The number of rotatable bonds is 4. The van der Waals surface area contributed by atoms with Gasteiger partial charge in [0, 0.05) is 18.2 Å². The lowest BCUT2D eigenvalue weighted by Crippen LogP contribution is -2.30. The molecule has 1 aliphatic carbocycles. The van der Waals surface area contributed by atoms with Crippen LogP contribution in [0.3, 0.4) is 0 Å². The van der Waals surface area contributed by atoms with Gasteiger partial charge in [-0.05, 0) is 25.0 Å². The summed E-state index contributed by atoms with van der Waals surface area (Å²) in [4.78, 5) is 4.38. The molecule has 0 amide bonds. The Labute approximate surface area is 116 Å². The molecule has 0 aromatic carbocycles. The fourth-order valence-corrected chi connectivity index (χ4v) is 2.87. The highest BCUT2D eigenvalue weighted by molar-refractivity contribution is 6.30. The Balaban J connectivity index is 1.74. The maximum atomic E-state index is 9.57. The molecular weight excluding hydrogens is 264 g/mol. The zero-order chi connectivity index (χ0) is 13.3. The predicted octanol–water partition coefficient (Wildman–Crippen LogP) is 2.35. The SMILES string of the molecule is OCC1(CNc2nc3ccc(Cl)cn3n2)CCCC1. The second kappa shape index (κ2) is 4.98. The highest BCUT2D eigenvalue weighted by Gasteiger charge is 2.33. The summed E-state index contributed by atoms with van der Waals surface area (Å²) < 4.78 is 1.66. The van der Waals surface area contributed by atoms with Gasteiger partial charge in [0.25, 0.3) is 0 Å². The summed E-state index contributed by atoms with van der Waals surface area (Å²) in [5, 5.41) is 17.8. The number of aliphatic hydroxyl groups is 1. The van der Waals surface area contributed by atoms with Crippen molar-refractivity contribution in [2.75, 3.05) is 18.5 Å². The molecule has 0 saturated heterocycles. The van der Waals surface area contributed by atoms with E-state index in [0.29, 0.717) is 17.5 Å². The van der Waals surface area contributed by atoms with Crippen LogP contribution in [0.2, 0.25) is 5.02 Å². The van der Waals surface area contributed by atoms with Gasteiger partial charge in [-0.1, -0.05) is 24.4 Å². The first-order chi connectivity index (χ1) is 9.21. The quantitative estimate of drug-likeness (QED) is 0.902. The summed E-state index contributed by atoms with van der Waals surface area (Å²) in [6.45, 7) is 0.938. The highest BCUT2D eigenvalue weighted by atomic mass is 35.5. The third-order valence-corrected chi connectivity index (χ3v) is 4.14. The van der Waals surface area contributed by atoms with Gasteiger partial charge in [-0.15, -0.1) is 5.10 Å². The number of anilines is 1. The molecule has 1 aliphatic rings. The molecule has 0 spiro atoms. The summed E-state index contributed by atoms with van der Waals surface area (Å²) in [5.41, 5.74) is 0.756. The maximum Gasteiger partial charge on any atom is 0.243 e. The Morgan fingerprint density at radius 2 is 2.16 bits per heavy atom. The number of halogens is 1. The van der Waals surface area contributed by atoms with E-state index in [0.717, 1.165) is 18.5 Å². The fourth-order valence-electron chi connectivity index (χ4n) is 2.72. The van der Waals surface area contributed by atoms with Crippen LogP contribution in [0.15, 0.2) is 18.3 Å². The Kier molecular flexibility index (Phi) is 3.33. The van der Waals surface area contributed by atoms with Crippen LogP contribution in [-0.2, 0) is 0 Å². The fraction of sp³-hybridized carbons (Fsp3) is 0.538. The molecule has 19 heavy (non-hydrogen) atoms. The molecule has 1 fully saturated rings. The average Bonchev–Trinajstić information content (AvgIpc) is 3.02. The Hall–Kier alpha value is -1.33. The third kappa shape index (κ3) is 2.53. The van der Waals surface area contributed by atoms with Crippen LogP contribution in [0.1, 0.15) is 25.7 Å². The van der Waals surface area contributed by atoms with E-state index in [-0.39, 0.29) is 12.0 Å². The number of hydrogen-bond acceptors (Lipinski definition) is 4. The van der Waals surface area contributed by atoms with E-state index < -0.39 is 0 Å². The molecule has 102 valence electrons. The smallest absolute Gasteiger partial charge is 0.243 e. The number of hydrogen-bond donors (Lipinski definition) is 2. The molecule has 2 N–H and O–H groups in total. The van der Waals surface area contributed by atoms with E-state index in [9.17, 15) is 5.11 Å². The normalized spacial score (nSPS) is 18.0. The lowest BCUT2D eigenvalue weighted by atomic mass is 9.87. The van der Waals surface area contributed by atoms with Crippen LogP contribution in [0.5, 0.6) is 0 Å². The van der Waals surface area contributed by atoms with Crippen molar-refractivity contribution in [2.24, 2.45) is 5.41 Å². The van der Waals surface area contributed by atoms with Gasteiger partial charge in [-0.3, -0.25) is 0 Å². The molecule has 2 aromatic heterocycles. The van der Waals surface area contributed by atoms with E-state index in [1.54, 1.807) is 16.8 Å². The van der Waals surface area contributed by atoms with Crippen molar-refractivity contribution < 1.29 is 5.11 Å². The zero-order valence-corrected chi connectivity index (χ0v) is 11.4. The predicted molar refractivity (Wildman–Crippen MR) is 74.5 cm³/mol. The molecule has 6 heteroatoms. The van der Waals surface area contributed by atoms with Crippen molar-refractivity contribution in [1.82, 2.24) is 14.6 Å². The number of fused-ring (bicyclic) bond motifs is 1. The van der Waals surface area contributed by atoms with Crippen molar-refractivity contribution in [3.63, 3.8) is 0 Å². The Bertz CT molecular complexity index is 577. The number of pyridine rings is 1. The number of nitrogens with one attached hydrogen (secondary N) is 1. The number of nitrogens with zero attached hydrogens (tertiary/aromatic N) is 3. The average molecular weight is 281 g/mol. The molecule has 0 unspecified atom stereocenters. The van der Waals surface area contributed by atoms with Gasteiger partial charge in [-0.25, -0.2) is 4.52 Å². The minimum absolute atomic E-state index is 0.00484. The molecule has 0 atom stereocenters. The topological polar surface area (TPSA) is 62.5 Å². The van der Waals surface area contributed by atoms with Crippen LogP contribution < -0.4 is 5.32 Å². The molecule has 3 rings (SSSR count). The minimum Gasteiger partial charge on any atom is -0.396 e. The molecular formula is C13H17ClN4O. The van der Waals surface area contributed by atoms with Crippen LogP contribution in [0, 0.1) is 5.41 Å².